The van der Waals surface area contributed by atoms with Crippen molar-refractivity contribution in [3.8, 4) is 111 Å². The quantitative estimate of drug-likeness (QED) is 0.101. The molecule has 0 amide bonds. The van der Waals surface area contributed by atoms with Gasteiger partial charge in [-0.2, -0.15) is 0 Å². The number of hydrogen-bond acceptors (Lipinski definition) is 2. The summed E-state index contributed by atoms with van der Waals surface area (Å²) in [6.07, 6.45) is 0. The van der Waals surface area contributed by atoms with Crippen LogP contribution in [0.4, 0.5) is 0 Å². The summed E-state index contributed by atoms with van der Waals surface area (Å²) in [6, 6.07) is 188. The zero-order valence-electron chi connectivity index (χ0n) is 82.6. The summed E-state index contributed by atoms with van der Waals surface area (Å²) in [5.41, 5.74) is 29.6. The van der Waals surface area contributed by atoms with Gasteiger partial charge in [-0.25, -0.2) is 0 Å². The van der Waals surface area contributed by atoms with E-state index in [-0.39, 0.29) is 5.41 Å². The SMILES string of the molecule is CC(C)(C)c1ccc2c(-c3cccc4c3oc3ccccc34)c3ccccc3c(-c3cccc4c3oc3ccccc34)c2c1.[B]C.[B][B].c1ccc(-c2c3ccccc3c(-c3ccc(-c4cccc5ccccc45)cc3)c3ccccc23)cc1.c1ccc(-c2c3ccccc3c(-c3ccc4cc(-c5ccc6c(-c7ccc8ccccc8c7)c7ccccc7c(-c7ccc8ccccc8c7)c6c5)ccc4c3)c3ccccc23)cc1. The van der Waals surface area contributed by atoms with Gasteiger partial charge in [0.1, 0.15) is 22.3 Å². The summed E-state index contributed by atoms with van der Waals surface area (Å²) in [7, 11) is 12.5. The number of rotatable bonds is 10. The lowest BCUT2D eigenvalue weighted by molar-refractivity contribution is 0.591. The minimum absolute atomic E-state index is 0.0125. The van der Waals surface area contributed by atoms with E-state index in [1.165, 1.54) is 242 Å². The third-order valence-corrected chi connectivity index (χ3v) is 30.1. The van der Waals surface area contributed by atoms with Crippen LogP contribution in [0.5, 0.6) is 0 Å². The molecule has 2 nitrogen and oxygen atoms in total. The molecule has 690 valence electrons. The molecule has 0 bridgehead atoms. The topological polar surface area (TPSA) is 26.3 Å². The summed E-state index contributed by atoms with van der Waals surface area (Å²) >= 11 is 0. The molecule has 2 heterocycles. The monoisotopic (exact) mass is 1880 g/mol. The molecule has 0 aliphatic rings. The van der Waals surface area contributed by atoms with E-state index in [2.05, 4.69) is 548 Å². The van der Waals surface area contributed by atoms with Crippen LogP contribution in [0.3, 0.4) is 0 Å². The largest absolute Gasteiger partial charge is 0.455 e. The molecule has 0 saturated carbocycles. The summed E-state index contributed by atoms with van der Waals surface area (Å²) < 4.78 is 13.2. The van der Waals surface area contributed by atoms with Gasteiger partial charge in [-0.3, -0.25) is 0 Å². The third-order valence-electron chi connectivity index (χ3n) is 30.1. The van der Waals surface area contributed by atoms with Gasteiger partial charge < -0.3 is 8.83 Å². The second-order valence-electron chi connectivity index (χ2n) is 39.3. The minimum Gasteiger partial charge on any atom is -0.455 e. The van der Waals surface area contributed by atoms with Gasteiger partial charge in [-0.1, -0.05) is 495 Å². The zero-order chi connectivity index (χ0) is 99.6. The van der Waals surface area contributed by atoms with E-state index in [0.717, 1.165) is 55.0 Å². The maximum Gasteiger partial charge on any atom is 0.143 e. The van der Waals surface area contributed by atoms with Crippen molar-refractivity contribution in [2.24, 2.45) is 0 Å². The Morgan fingerprint density at radius 3 is 0.818 bits per heavy atom. The van der Waals surface area contributed by atoms with Gasteiger partial charge in [0.05, 0.1) is 7.85 Å². The van der Waals surface area contributed by atoms with Crippen molar-refractivity contribution >= 4 is 196 Å². The molecule has 148 heavy (non-hydrogen) atoms. The first-order chi connectivity index (χ1) is 73.1. The van der Waals surface area contributed by atoms with Crippen molar-refractivity contribution < 1.29 is 8.83 Å². The fourth-order valence-electron chi connectivity index (χ4n) is 23.4. The zero-order valence-corrected chi connectivity index (χ0v) is 82.6. The Kier molecular flexibility index (Phi) is 23.7. The first-order valence-electron chi connectivity index (χ1n) is 50.9. The first kappa shape index (κ1) is 91.1. The Bertz CT molecular complexity index is 10200. The fraction of sp³-hybridized carbons (Fsp3) is 0.0350. The lowest BCUT2D eigenvalue weighted by Crippen LogP contribution is -2.10. The normalized spacial score (nSPS) is 11.6. The van der Waals surface area contributed by atoms with E-state index in [4.69, 9.17) is 8.83 Å². The number of benzene rings is 27. The molecule has 0 spiro atoms. The summed E-state index contributed by atoms with van der Waals surface area (Å²) in [4.78, 5) is 0. The van der Waals surface area contributed by atoms with Crippen molar-refractivity contribution in [3.05, 3.63) is 521 Å². The maximum atomic E-state index is 6.62. The lowest BCUT2D eigenvalue weighted by Gasteiger charge is -2.23. The molecule has 27 aromatic carbocycles. The van der Waals surface area contributed by atoms with Gasteiger partial charge >= 0.3 is 0 Å². The molecular weight excluding hydrogens is 1780 g/mol. The number of hydrogen-bond donors (Lipinski definition) is 0. The number of para-hydroxylation sites is 4. The molecule has 0 aliphatic carbocycles. The Labute approximate surface area is 864 Å². The summed E-state index contributed by atoms with van der Waals surface area (Å²) in [5.74, 6) is 0. The van der Waals surface area contributed by atoms with Crippen molar-refractivity contribution in [1.82, 2.24) is 0 Å². The van der Waals surface area contributed by atoms with Crippen molar-refractivity contribution in [1.29, 1.82) is 0 Å². The van der Waals surface area contributed by atoms with E-state index >= 15 is 0 Å². The molecule has 5 heteroatoms. The molecule has 0 N–H and O–H groups in total. The standard InChI is InChI=1S/C64H40.C42H30O2.C36H24.CH3B.B2/c1-2-16-43(17-3-1)61-53-20-8-10-22-55(53)62(56-23-11-9-21-54(56)61)51-33-30-46-36-47(28-29-48(46)39-51)49-34-35-59-60(40-49)64(52-32-27-42-15-5-7-19-45(42)38-52)58-25-13-12-24-57(58)63(59)50-31-26-41-14-4-6-18-44(41)37-50;1-42(2,3)25-22-23-30-35(24-25)39(34-19-11-17-32-27-13-7-9-21-37(27)44-41(32)34)29-15-5-4-14-28(29)38(30)33-18-10-16-31-26-12-6-8-20-36(26)43-40(31)33;1-2-12-27(13-3-1)35-31-16-6-8-18-33(31)36(34-19-9-7-17-32(34)35)28-23-21-26(22-24-28)30-20-10-14-25-11-4-5-15-29(25)30;2*1-2/h1-40H;4-24H,1-3H3;1-24H;1H3;. The van der Waals surface area contributed by atoms with Gasteiger partial charge in [0.2, 0.25) is 0 Å². The Balaban J connectivity index is 0.000000119. The van der Waals surface area contributed by atoms with Gasteiger partial charge in [0, 0.05) is 59.3 Å². The average molecular weight is 1880 g/mol. The third kappa shape index (κ3) is 16.0. The van der Waals surface area contributed by atoms with Crippen molar-refractivity contribution in [2.75, 3.05) is 0 Å². The van der Waals surface area contributed by atoms with E-state index < -0.39 is 0 Å². The predicted molar refractivity (Wildman–Crippen MR) is 640 cm³/mol. The van der Waals surface area contributed by atoms with E-state index in [1.54, 1.807) is 0 Å². The second-order valence-corrected chi connectivity index (χ2v) is 39.3. The van der Waals surface area contributed by atoms with Crippen LogP contribution in [0.15, 0.2) is 524 Å². The highest BCUT2D eigenvalue weighted by Crippen LogP contribution is 2.54. The molecule has 0 unspecified atom stereocenters. The Morgan fingerprint density at radius 1 is 0.149 bits per heavy atom. The van der Waals surface area contributed by atoms with Crippen LogP contribution in [0.25, 0.3) is 284 Å². The maximum absolute atomic E-state index is 6.62. The molecule has 2 aromatic heterocycles. The molecular formula is C143H97B3O2. The van der Waals surface area contributed by atoms with Crippen LogP contribution in [0.1, 0.15) is 26.3 Å². The molecule has 29 rings (SSSR count). The van der Waals surface area contributed by atoms with Gasteiger partial charge in [-0.05, 0) is 278 Å². The Morgan fingerprint density at radius 2 is 0.392 bits per heavy atom. The minimum atomic E-state index is -0.0125. The second kappa shape index (κ2) is 38.5. The van der Waals surface area contributed by atoms with Crippen LogP contribution in [0, 0.1) is 0 Å². The van der Waals surface area contributed by atoms with E-state index in [9.17, 15) is 0 Å². The highest BCUT2D eigenvalue weighted by molar-refractivity contribution is 6.75. The van der Waals surface area contributed by atoms with Crippen LogP contribution in [-0.4, -0.2) is 23.3 Å². The number of furan rings is 2. The van der Waals surface area contributed by atoms with Gasteiger partial charge in [0.25, 0.3) is 0 Å². The number of fused-ring (bicyclic) bond motifs is 18. The van der Waals surface area contributed by atoms with Gasteiger partial charge in [0.15, 0.2) is 0 Å². The molecule has 0 atom stereocenters. The Hall–Kier alpha value is -18.1. The molecule has 6 radical (unpaired) electrons. The summed E-state index contributed by atoms with van der Waals surface area (Å²) in [5, 5.41) is 34.6. The van der Waals surface area contributed by atoms with E-state index in [1.807, 2.05) is 12.1 Å². The predicted octanol–water partition coefficient (Wildman–Crippen LogP) is 40.1. The highest BCUT2D eigenvalue weighted by atomic mass is 16.3. The van der Waals surface area contributed by atoms with Crippen LogP contribution in [-0.2, 0) is 5.41 Å². The molecule has 29 aromatic rings. The van der Waals surface area contributed by atoms with Gasteiger partial charge in [-0.15, -0.1) is 0 Å². The first-order valence-corrected chi connectivity index (χ1v) is 50.9. The fourth-order valence-corrected chi connectivity index (χ4v) is 23.4. The molecule has 0 saturated heterocycles. The highest BCUT2D eigenvalue weighted by Gasteiger charge is 2.28. The summed E-state index contributed by atoms with van der Waals surface area (Å²) in [6.45, 7) is 8.35. The van der Waals surface area contributed by atoms with Crippen molar-refractivity contribution in [3.63, 3.8) is 0 Å². The van der Waals surface area contributed by atoms with Crippen LogP contribution in [0.2, 0.25) is 6.82 Å². The van der Waals surface area contributed by atoms with Crippen LogP contribution < -0.4 is 0 Å². The smallest absolute Gasteiger partial charge is 0.143 e. The van der Waals surface area contributed by atoms with Crippen LogP contribution >= 0.6 is 0 Å². The molecule has 0 aliphatic heterocycles. The van der Waals surface area contributed by atoms with Crippen molar-refractivity contribution in [2.45, 2.75) is 33.0 Å². The lowest BCUT2D eigenvalue weighted by atomic mass is 9.81. The average Bonchev–Trinajstić information content (AvgIpc) is 1.47. The molecule has 0 fully saturated rings. The van der Waals surface area contributed by atoms with E-state index in [0.29, 0.717) is 0 Å².